The van der Waals surface area contributed by atoms with E-state index in [1.807, 2.05) is 20.8 Å². The van der Waals surface area contributed by atoms with Crippen LogP contribution in [0.4, 0.5) is 5.82 Å². The van der Waals surface area contributed by atoms with Crippen LogP contribution in [0.5, 0.6) is 0 Å². The zero-order chi connectivity index (χ0) is 14.6. The summed E-state index contributed by atoms with van der Waals surface area (Å²) in [6.07, 6.45) is 1.53. The van der Waals surface area contributed by atoms with Gasteiger partial charge in [0.05, 0.1) is 5.56 Å². The number of pyridine rings is 1. The van der Waals surface area contributed by atoms with E-state index >= 15 is 0 Å². The minimum absolute atomic E-state index is 0.173. The molecule has 6 heteroatoms. The highest BCUT2D eigenvalue weighted by atomic mass is 16.2. The quantitative estimate of drug-likeness (QED) is 0.752. The summed E-state index contributed by atoms with van der Waals surface area (Å²) < 4.78 is 0. The molecule has 1 aromatic heterocycles. The van der Waals surface area contributed by atoms with Gasteiger partial charge in [0.2, 0.25) is 5.91 Å². The van der Waals surface area contributed by atoms with Crippen LogP contribution >= 0.6 is 0 Å². The maximum Gasteiger partial charge on any atom is 0.252 e. The lowest BCUT2D eigenvalue weighted by atomic mass is 10.1. The molecule has 1 rings (SSSR count). The van der Waals surface area contributed by atoms with Crippen molar-refractivity contribution in [1.29, 1.82) is 0 Å². The number of hydrogen-bond donors (Lipinski definition) is 3. The predicted molar refractivity (Wildman–Crippen MR) is 73.7 cm³/mol. The molecule has 1 atom stereocenters. The third kappa shape index (κ3) is 4.57. The Balaban J connectivity index is 2.80. The molecule has 2 amide bonds. The third-order valence-corrected chi connectivity index (χ3v) is 2.32. The Morgan fingerprint density at radius 1 is 1.37 bits per heavy atom. The number of amides is 2. The van der Waals surface area contributed by atoms with Gasteiger partial charge in [-0.2, -0.15) is 0 Å². The second-order valence-electron chi connectivity index (χ2n) is 5.37. The molecule has 1 heterocycles. The zero-order valence-corrected chi connectivity index (χ0v) is 11.7. The Morgan fingerprint density at radius 2 is 2.00 bits per heavy atom. The topological polar surface area (TPSA) is 97.1 Å². The molecule has 0 aromatic carbocycles. The van der Waals surface area contributed by atoms with Crippen LogP contribution < -0.4 is 16.4 Å². The summed E-state index contributed by atoms with van der Waals surface area (Å²) in [7, 11) is 0. The average molecular weight is 264 g/mol. The van der Waals surface area contributed by atoms with Gasteiger partial charge in [-0.25, -0.2) is 4.98 Å². The number of hydrogen-bond acceptors (Lipinski definition) is 4. The molecule has 0 aliphatic rings. The van der Waals surface area contributed by atoms with E-state index in [4.69, 9.17) is 5.73 Å². The lowest BCUT2D eigenvalue weighted by Crippen LogP contribution is -2.47. The lowest BCUT2D eigenvalue weighted by molar-refractivity contribution is -0.122. The highest BCUT2D eigenvalue weighted by Gasteiger charge is 2.20. The number of anilines is 1. The number of carbonyl (C=O) groups is 2. The number of carbonyl (C=O) groups excluding carboxylic acids is 2. The Hall–Kier alpha value is -2.11. The largest absolute Gasteiger partial charge is 0.365 e. The first-order valence-corrected chi connectivity index (χ1v) is 6.04. The van der Waals surface area contributed by atoms with Crippen LogP contribution in [0.15, 0.2) is 18.3 Å². The van der Waals surface area contributed by atoms with Crippen molar-refractivity contribution in [2.75, 3.05) is 5.32 Å². The average Bonchev–Trinajstić information content (AvgIpc) is 2.27. The summed E-state index contributed by atoms with van der Waals surface area (Å²) in [6, 6.07) is 2.66. The van der Waals surface area contributed by atoms with Crippen LogP contribution in [0.2, 0.25) is 0 Å². The highest BCUT2D eigenvalue weighted by Crippen LogP contribution is 2.12. The van der Waals surface area contributed by atoms with Gasteiger partial charge in [0.25, 0.3) is 5.91 Å². The van der Waals surface area contributed by atoms with Gasteiger partial charge in [0.15, 0.2) is 0 Å². The fraction of sp³-hybridized carbons (Fsp3) is 0.462. The molecule has 1 unspecified atom stereocenters. The molecule has 0 radical (unpaired) electrons. The Labute approximate surface area is 112 Å². The van der Waals surface area contributed by atoms with E-state index in [9.17, 15) is 9.59 Å². The number of aromatic nitrogens is 1. The standard InChI is InChI=1S/C13H20N4O2/c1-8(12(19)17-13(2,3)4)16-11-9(10(14)18)6-5-7-15-11/h5-8H,1-4H3,(H2,14,18)(H,15,16)(H,17,19). The molecular weight excluding hydrogens is 244 g/mol. The summed E-state index contributed by atoms with van der Waals surface area (Å²) >= 11 is 0. The molecule has 19 heavy (non-hydrogen) atoms. The summed E-state index contributed by atoms with van der Waals surface area (Å²) in [6.45, 7) is 7.38. The van der Waals surface area contributed by atoms with Crippen molar-refractivity contribution in [2.45, 2.75) is 39.3 Å². The fourth-order valence-electron chi connectivity index (χ4n) is 1.47. The highest BCUT2D eigenvalue weighted by molar-refractivity contribution is 5.98. The van der Waals surface area contributed by atoms with Crippen molar-refractivity contribution in [2.24, 2.45) is 5.73 Å². The van der Waals surface area contributed by atoms with E-state index in [-0.39, 0.29) is 17.0 Å². The zero-order valence-electron chi connectivity index (χ0n) is 11.7. The molecule has 0 fully saturated rings. The smallest absolute Gasteiger partial charge is 0.252 e. The van der Waals surface area contributed by atoms with Gasteiger partial charge in [0, 0.05) is 11.7 Å². The minimum atomic E-state index is -0.584. The minimum Gasteiger partial charge on any atom is -0.365 e. The van der Waals surface area contributed by atoms with Crippen molar-refractivity contribution in [3.8, 4) is 0 Å². The van der Waals surface area contributed by atoms with Crippen LogP contribution in [0, 0.1) is 0 Å². The molecule has 0 aliphatic heterocycles. The van der Waals surface area contributed by atoms with Crippen molar-refractivity contribution < 1.29 is 9.59 Å². The van der Waals surface area contributed by atoms with Gasteiger partial charge in [-0.3, -0.25) is 9.59 Å². The normalized spacial score (nSPS) is 12.6. The van der Waals surface area contributed by atoms with Crippen LogP contribution in [-0.4, -0.2) is 28.4 Å². The molecule has 104 valence electrons. The first-order valence-electron chi connectivity index (χ1n) is 6.04. The first kappa shape index (κ1) is 14.9. The van der Waals surface area contributed by atoms with E-state index < -0.39 is 11.9 Å². The lowest BCUT2D eigenvalue weighted by Gasteiger charge is -2.24. The molecule has 0 bridgehead atoms. The molecule has 6 nitrogen and oxygen atoms in total. The van der Waals surface area contributed by atoms with Crippen molar-refractivity contribution in [1.82, 2.24) is 10.3 Å². The Kier molecular flexibility index (Phi) is 4.47. The van der Waals surface area contributed by atoms with E-state index in [2.05, 4.69) is 15.6 Å². The second kappa shape index (κ2) is 5.69. The van der Waals surface area contributed by atoms with Gasteiger partial charge in [-0.1, -0.05) is 0 Å². The van der Waals surface area contributed by atoms with Gasteiger partial charge in [0.1, 0.15) is 11.9 Å². The van der Waals surface area contributed by atoms with Crippen LogP contribution in [0.3, 0.4) is 0 Å². The maximum atomic E-state index is 11.9. The van der Waals surface area contributed by atoms with Crippen molar-refractivity contribution in [3.05, 3.63) is 23.9 Å². The molecule has 4 N–H and O–H groups in total. The van der Waals surface area contributed by atoms with E-state index in [0.29, 0.717) is 5.82 Å². The van der Waals surface area contributed by atoms with Gasteiger partial charge >= 0.3 is 0 Å². The molecule has 0 aliphatic carbocycles. The van der Waals surface area contributed by atoms with Crippen molar-refractivity contribution >= 4 is 17.6 Å². The number of nitrogens with one attached hydrogen (secondary N) is 2. The summed E-state index contributed by atoms with van der Waals surface area (Å²) in [4.78, 5) is 27.2. The third-order valence-electron chi connectivity index (χ3n) is 2.32. The summed E-state index contributed by atoms with van der Waals surface area (Å²) in [5.74, 6) is -0.445. The molecule has 0 spiro atoms. The summed E-state index contributed by atoms with van der Waals surface area (Å²) in [5, 5.41) is 5.73. The Morgan fingerprint density at radius 3 is 2.53 bits per heavy atom. The van der Waals surface area contributed by atoms with Crippen LogP contribution in [-0.2, 0) is 4.79 Å². The van der Waals surface area contributed by atoms with Crippen LogP contribution in [0.1, 0.15) is 38.1 Å². The molecule has 1 aromatic rings. The van der Waals surface area contributed by atoms with E-state index in [1.165, 1.54) is 6.20 Å². The number of rotatable bonds is 4. The van der Waals surface area contributed by atoms with Gasteiger partial charge < -0.3 is 16.4 Å². The first-order chi connectivity index (χ1) is 8.70. The van der Waals surface area contributed by atoms with E-state index in [1.54, 1.807) is 19.1 Å². The molecule has 0 saturated carbocycles. The maximum absolute atomic E-state index is 11.9. The van der Waals surface area contributed by atoms with Crippen molar-refractivity contribution in [3.63, 3.8) is 0 Å². The number of nitrogens with zero attached hydrogens (tertiary/aromatic N) is 1. The van der Waals surface area contributed by atoms with Gasteiger partial charge in [-0.05, 0) is 39.8 Å². The number of primary amides is 1. The Bertz CT molecular complexity index is 480. The fourth-order valence-corrected chi connectivity index (χ4v) is 1.47. The SMILES string of the molecule is CC(Nc1ncccc1C(N)=O)C(=O)NC(C)(C)C. The van der Waals surface area contributed by atoms with Gasteiger partial charge in [-0.15, -0.1) is 0 Å². The molecule has 0 saturated heterocycles. The summed E-state index contributed by atoms with van der Waals surface area (Å²) in [5.41, 5.74) is 5.19. The number of nitrogens with two attached hydrogens (primary N) is 1. The predicted octanol–water partition coefficient (Wildman–Crippen LogP) is 0.896. The second-order valence-corrected chi connectivity index (χ2v) is 5.37. The molecular formula is C13H20N4O2. The van der Waals surface area contributed by atoms with E-state index in [0.717, 1.165) is 0 Å². The monoisotopic (exact) mass is 264 g/mol. The van der Waals surface area contributed by atoms with Crippen LogP contribution in [0.25, 0.3) is 0 Å².